The normalized spacial score (nSPS) is 31.3. The number of amides is 2. The van der Waals surface area contributed by atoms with E-state index in [9.17, 15) is 9.59 Å². The lowest BCUT2D eigenvalue weighted by atomic mass is 9.88. The molecule has 0 unspecified atom stereocenters. The number of aryl methyl sites for hydroxylation is 1. The van der Waals surface area contributed by atoms with E-state index in [0.717, 1.165) is 45.1 Å². The van der Waals surface area contributed by atoms with Gasteiger partial charge in [-0.25, -0.2) is 0 Å². The van der Waals surface area contributed by atoms with E-state index in [1.165, 1.54) is 0 Å². The average Bonchev–Trinajstić information content (AvgIpc) is 3.34. The number of fused-ring (bicyclic) bond motifs is 2. The van der Waals surface area contributed by atoms with Gasteiger partial charge < -0.3 is 19.5 Å². The van der Waals surface area contributed by atoms with Gasteiger partial charge in [-0.1, -0.05) is 5.16 Å². The van der Waals surface area contributed by atoms with Crippen LogP contribution in [0, 0.1) is 12.8 Å². The Labute approximate surface area is 147 Å². The molecule has 1 aromatic heterocycles. The fraction of sp³-hybridized carbons (Fsp3) is 0.722. The summed E-state index contributed by atoms with van der Waals surface area (Å²) in [5, 5.41) is 6.89. The van der Waals surface area contributed by atoms with Gasteiger partial charge in [0.05, 0.1) is 12.0 Å². The predicted octanol–water partition coefficient (Wildman–Crippen LogP) is 1.66. The van der Waals surface area contributed by atoms with E-state index < -0.39 is 0 Å². The molecule has 4 atom stereocenters. The molecule has 0 spiro atoms. The molecule has 1 N–H and O–H groups in total. The van der Waals surface area contributed by atoms with E-state index >= 15 is 0 Å². The second-order valence-electron chi connectivity index (χ2n) is 7.41. The molecule has 0 saturated carbocycles. The third-order valence-corrected chi connectivity index (χ3v) is 5.73. The summed E-state index contributed by atoms with van der Waals surface area (Å²) in [5.74, 6) is 0.432. The van der Waals surface area contributed by atoms with Gasteiger partial charge in [0.25, 0.3) is 5.91 Å². The highest BCUT2D eigenvalue weighted by Crippen LogP contribution is 2.42. The van der Waals surface area contributed by atoms with Crippen molar-refractivity contribution in [1.29, 1.82) is 0 Å². The van der Waals surface area contributed by atoms with Crippen molar-refractivity contribution >= 4 is 11.8 Å². The minimum atomic E-state index is -0.126. The maximum Gasteiger partial charge on any atom is 0.276 e. The van der Waals surface area contributed by atoms with E-state index in [0.29, 0.717) is 18.0 Å². The van der Waals surface area contributed by atoms with Crippen LogP contribution >= 0.6 is 0 Å². The van der Waals surface area contributed by atoms with E-state index in [-0.39, 0.29) is 35.9 Å². The van der Waals surface area contributed by atoms with Gasteiger partial charge in [0.15, 0.2) is 5.69 Å². The third-order valence-electron chi connectivity index (χ3n) is 5.73. The van der Waals surface area contributed by atoms with Crippen molar-refractivity contribution in [3.05, 3.63) is 17.5 Å². The number of nitrogens with zero attached hydrogens (tertiary/aromatic N) is 2. The van der Waals surface area contributed by atoms with Crippen LogP contribution in [0.15, 0.2) is 10.6 Å². The number of ether oxygens (including phenoxy) is 1. The Bertz CT molecular complexity index is 653. The molecule has 2 amide bonds. The number of aromatic nitrogens is 1. The van der Waals surface area contributed by atoms with Gasteiger partial charge in [0.1, 0.15) is 5.76 Å². The molecule has 136 valence electrons. The van der Waals surface area contributed by atoms with Crippen LogP contribution in [0.4, 0.5) is 0 Å². The van der Waals surface area contributed by atoms with Crippen LogP contribution in [0.3, 0.4) is 0 Å². The highest BCUT2D eigenvalue weighted by Gasteiger charge is 2.51. The van der Waals surface area contributed by atoms with Gasteiger partial charge in [-0.15, -0.1) is 0 Å². The molecule has 3 saturated heterocycles. The van der Waals surface area contributed by atoms with Crippen LogP contribution in [0.5, 0.6) is 0 Å². The largest absolute Gasteiger partial charge is 0.376 e. The van der Waals surface area contributed by atoms with Crippen LogP contribution in [0.2, 0.25) is 0 Å². The smallest absolute Gasteiger partial charge is 0.276 e. The van der Waals surface area contributed by atoms with Gasteiger partial charge in [-0.05, 0) is 45.4 Å². The van der Waals surface area contributed by atoms with Crippen molar-refractivity contribution in [2.45, 2.75) is 63.6 Å². The quantitative estimate of drug-likeness (QED) is 0.895. The number of carbonyl (C=O) groups excluding carboxylic acids is 2. The van der Waals surface area contributed by atoms with Crippen LogP contribution in [-0.4, -0.2) is 53.2 Å². The molecule has 7 nitrogen and oxygen atoms in total. The fourth-order valence-corrected chi connectivity index (χ4v) is 4.50. The molecule has 2 bridgehead atoms. The van der Waals surface area contributed by atoms with Crippen LogP contribution in [0.1, 0.15) is 54.8 Å². The van der Waals surface area contributed by atoms with Crippen molar-refractivity contribution in [1.82, 2.24) is 15.4 Å². The zero-order chi connectivity index (χ0) is 17.4. The highest BCUT2D eigenvalue weighted by atomic mass is 16.5. The Morgan fingerprint density at radius 2 is 2.20 bits per heavy atom. The molecule has 4 rings (SSSR count). The molecule has 0 aromatic carbocycles. The molecule has 3 aliphatic heterocycles. The van der Waals surface area contributed by atoms with Crippen molar-refractivity contribution in [2.24, 2.45) is 5.92 Å². The summed E-state index contributed by atoms with van der Waals surface area (Å²) in [6.07, 6.45) is 5.99. The lowest BCUT2D eigenvalue weighted by molar-refractivity contribution is -0.126. The van der Waals surface area contributed by atoms with E-state index in [1.807, 2.05) is 4.90 Å². The Kier molecular flexibility index (Phi) is 4.50. The summed E-state index contributed by atoms with van der Waals surface area (Å²) in [5.41, 5.74) is 0.339. The van der Waals surface area contributed by atoms with Gasteiger partial charge in [0.2, 0.25) is 5.91 Å². The Morgan fingerprint density at radius 1 is 1.32 bits per heavy atom. The first-order valence-electron chi connectivity index (χ1n) is 9.29. The maximum atomic E-state index is 12.7. The number of rotatable bonds is 4. The van der Waals surface area contributed by atoms with Crippen LogP contribution in [-0.2, 0) is 9.53 Å². The summed E-state index contributed by atoms with van der Waals surface area (Å²) >= 11 is 0. The summed E-state index contributed by atoms with van der Waals surface area (Å²) < 4.78 is 10.7. The molecule has 4 heterocycles. The van der Waals surface area contributed by atoms with Crippen LogP contribution in [0.25, 0.3) is 0 Å². The Morgan fingerprint density at radius 3 is 2.92 bits per heavy atom. The highest BCUT2D eigenvalue weighted by molar-refractivity contribution is 5.94. The van der Waals surface area contributed by atoms with Gasteiger partial charge in [-0.3, -0.25) is 9.59 Å². The molecular weight excluding hydrogens is 322 g/mol. The summed E-state index contributed by atoms with van der Waals surface area (Å²) in [6, 6.07) is 1.77. The fourth-order valence-electron chi connectivity index (χ4n) is 4.50. The number of hydrogen-bond donors (Lipinski definition) is 1. The molecular formula is C18H25N3O4. The van der Waals surface area contributed by atoms with Crippen molar-refractivity contribution < 1.29 is 18.8 Å². The lowest BCUT2D eigenvalue weighted by Gasteiger charge is -2.26. The topological polar surface area (TPSA) is 84.7 Å². The van der Waals surface area contributed by atoms with E-state index in [2.05, 4.69) is 10.5 Å². The van der Waals surface area contributed by atoms with E-state index in [4.69, 9.17) is 9.26 Å². The first-order valence-corrected chi connectivity index (χ1v) is 9.29. The Hall–Kier alpha value is -1.89. The zero-order valence-corrected chi connectivity index (χ0v) is 14.6. The molecule has 1 aromatic rings. The SMILES string of the molecule is Cc1cc(C(=O)N2[C@H]3CC[C@H]2[C@H](C(=O)NC[C@H]2CCCCO2)C3)no1. The van der Waals surface area contributed by atoms with Gasteiger partial charge in [0, 0.05) is 31.3 Å². The molecule has 7 heteroatoms. The van der Waals surface area contributed by atoms with Gasteiger partial charge in [-0.2, -0.15) is 0 Å². The summed E-state index contributed by atoms with van der Waals surface area (Å²) in [4.78, 5) is 27.3. The standard InChI is InChI=1S/C18H25N3O4/c1-11-8-15(20-25-11)18(23)21-12-5-6-16(21)14(9-12)17(22)19-10-13-4-2-3-7-24-13/h8,12-14,16H,2-7,9-10H2,1H3,(H,19,22)/t12-,13+,14+,16-/m0/s1. The molecule has 3 fully saturated rings. The maximum absolute atomic E-state index is 12.7. The minimum absolute atomic E-state index is 0.0261. The summed E-state index contributed by atoms with van der Waals surface area (Å²) in [6.45, 7) is 3.13. The zero-order valence-electron chi connectivity index (χ0n) is 14.6. The van der Waals surface area contributed by atoms with Crippen LogP contribution < -0.4 is 5.32 Å². The number of nitrogens with one attached hydrogen (secondary N) is 1. The van der Waals surface area contributed by atoms with Crippen molar-refractivity contribution in [3.63, 3.8) is 0 Å². The van der Waals surface area contributed by atoms with Crippen molar-refractivity contribution in [2.75, 3.05) is 13.2 Å². The average molecular weight is 347 g/mol. The predicted molar refractivity (Wildman–Crippen MR) is 88.9 cm³/mol. The molecule has 0 aliphatic carbocycles. The van der Waals surface area contributed by atoms with Gasteiger partial charge >= 0.3 is 0 Å². The number of hydrogen-bond acceptors (Lipinski definition) is 5. The molecule has 3 aliphatic rings. The third kappa shape index (κ3) is 3.17. The van der Waals surface area contributed by atoms with E-state index in [1.54, 1.807) is 13.0 Å². The molecule has 0 radical (unpaired) electrons. The first kappa shape index (κ1) is 16.6. The summed E-state index contributed by atoms with van der Waals surface area (Å²) in [7, 11) is 0. The second-order valence-corrected chi connectivity index (χ2v) is 7.41. The Balaban J connectivity index is 1.38. The number of carbonyl (C=O) groups is 2. The van der Waals surface area contributed by atoms with Crippen molar-refractivity contribution in [3.8, 4) is 0 Å². The minimum Gasteiger partial charge on any atom is -0.376 e. The second kappa shape index (κ2) is 6.78. The monoisotopic (exact) mass is 347 g/mol. The lowest BCUT2D eigenvalue weighted by Crippen LogP contribution is -2.43. The first-order chi connectivity index (χ1) is 12.1. The molecule has 25 heavy (non-hydrogen) atoms.